The van der Waals surface area contributed by atoms with Crippen LogP contribution in [-0.2, 0) is 18.3 Å². The van der Waals surface area contributed by atoms with Crippen LogP contribution in [0.5, 0.6) is 0 Å². The lowest BCUT2D eigenvalue weighted by atomic mass is 9.83. The molecule has 1 fully saturated rings. The Morgan fingerprint density at radius 3 is 2.62 bits per heavy atom. The molecule has 0 radical (unpaired) electrons. The molecule has 0 aromatic carbocycles. The van der Waals surface area contributed by atoms with E-state index in [9.17, 15) is 0 Å². The number of nitrogens with zero attached hydrogens (tertiary/aromatic N) is 4. The van der Waals surface area contributed by atoms with Gasteiger partial charge in [0.2, 0.25) is 0 Å². The molecular weight excluding hydrogens is 477 g/mol. The summed E-state index contributed by atoms with van der Waals surface area (Å²) in [6, 6.07) is 0. The van der Waals surface area contributed by atoms with E-state index in [0.29, 0.717) is 11.3 Å². The third-order valence-corrected chi connectivity index (χ3v) is 5.80. The zero-order valence-corrected chi connectivity index (χ0v) is 21.7. The largest absolute Gasteiger partial charge is 0.382 e. The summed E-state index contributed by atoms with van der Waals surface area (Å²) in [7, 11) is 4.12. The number of rotatable bonds is 10. The Hall–Kier alpha value is -0.830. The summed E-state index contributed by atoms with van der Waals surface area (Å²) in [4.78, 5) is 7.31. The summed E-state index contributed by atoms with van der Waals surface area (Å²) in [6.45, 7) is 12.8. The number of nitrogens with one attached hydrogen (secondary N) is 1. The number of hydrogen-bond acceptors (Lipinski definition) is 3. The lowest BCUT2D eigenvalue weighted by Gasteiger charge is -2.29. The maximum absolute atomic E-state index is 5.66. The van der Waals surface area contributed by atoms with Gasteiger partial charge in [-0.1, -0.05) is 26.7 Å². The Morgan fingerprint density at radius 1 is 1.34 bits per heavy atom. The normalized spacial score (nSPS) is 16.2. The fourth-order valence-corrected chi connectivity index (χ4v) is 4.25. The average molecular weight is 520 g/mol. The molecule has 1 aromatic heterocycles. The van der Waals surface area contributed by atoms with E-state index in [2.05, 4.69) is 56.3 Å². The Bertz CT molecular complexity index is 623. The maximum atomic E-state index is 5.66. The molecule has 0 unspecified atom stereocenters. The van der Waals surface area contributed by atoms with Gasteiger partial charge in [0.25, 0.3) is 0 Å². The van der Waals surface area contributed by atoms with Crippen LogP contribution in [0.4, 0.5) is 0 Å². The van der Waals surface area contributed by atoms with Crippen molar-refractivity contribution in [3.8, 4) is 0 Å². The fourth-order valence-electron chi connectivity index (χ4n) is 4.25. The first-order valence-corrected chi connectivity index (χ1v) is 11.0. The number of ether oxygens (including phenoxy) is 1. The van der Waals surface area contributed by atoms with Crippen molar-refractivity contribution in [3.63, 3.8) is 0 Å². The fraction of sp³-hybridized carbons (Fsp3) is 0.818. The Labute approximate surface area is 194 Å². The van der Waals surface area contributed by atoms with Gasteiger partial charge in [-0.25, -0.2) is 0 Å². The number of aromatic nitrogens is 2. The highest BCUT2D eigenvalue weighted by molar-refractivity contribution is 14.0. The van der Waals surface area contributed by atoms with E-state index >= 15 is 0 Å². The van der Waals surface area contributed by atoms with Crippen molar-refractivity contribution in [1.29, 1.82) is 0 Å². The second-order valence-corrected chi connectivity index (χ2v) is 8.55. The number of guanidine groups is 1. The van der Waals surface area contributed by atoms with Gasteiger partial charge in [-0.05, 0) is 44.4 Å². The van der Waals surface area contributed by atoms with Gasteiger partial charge in [0.05, 0.1) is 5.69 Å². The van der Waals surface area contributed by atoms with Gasteiger partial charge in [0.1, 0.15) is 0 Å². The quantitative estimate of drug-likeness (QED) is 0.213. The van der Waals surface area contributed by atoms with E-state index in [1.54, 1.807) is 0 Å². The van der Waals surface area contributed by atoms with Crippen molar-refractivity contribution in [2.24, 2.45) is 17.5 Å². The van der Waals surface area contributed by atoms with E-state index in [1.165, 1.54) is 36.9 Å². The third-order valence-electron chi connectivity index (χ3n) is 5.80. The molecule has 7 heteroatoms. The lowest BCUT2D eigenvalue weighted by molar-refractivity contribution is 0.107. The summed E-state index contributed by atoms with van der Waals surface area (Å²) in [5.74, 6) is 1.41. The highest BCUT2D eigenvalue weighted by atomic mass is 127. The van der Waals surface area contributed by atoms with E-state index in [4.69, 9.17) is 9.73 Å². The summed E-state index contributed by atoms with van der Waals surface area (Å²) >= 11 is 0. The van der Waals surface area contributed by atoms with Crippen molar-refractivity contribution >= 4 is 29.9 Å². The second kappa shape index (κ2) is 12.8. The van der Waals surface area contributed by atoms with Crippen molar-refractivity contribution in [1.82, 2.24) is 20.0 Å². The molecular formula is C22H42IN5O. The first-order chi connectivity index (χ1) is 13.4. The predicted molar refractivity (Wildman–Crippen MR) is 132 cm³/mol. The Balaban J connectivity index is 0.00000420. The van der Waals surface area contributed by atoms with Gasteiger partial charge < -0.3 is 15.0 Å². The first-order valence-electron chi connectivity index (χ1n) is 11.0. The molecule has 1 saturated carbocycles. The molecule has 0 atom stereocenters. The zero-order chi connectivity index (χ0) is 20.6. The SMILES string of the molecule is CCNC(=NCC1(CCOCC)CCCC1)N(C)Cc1cn(C)nc1C(C)C.I. The molecule has 6 nitrogen and oxygen atoms in total. The smallest absolute Gasteiger partial charge is 0.193 e. The van der Waals surface area contributed by atoms with Gasteiger partial charge in [-0.15, -0.1) is 24.0 Å². The molecule has 1 aliphatic rings. The zero-order valence-electron chi connectivity index (χ0n) is 19.3. The summed E-state index contributed by atoms with van der Waals surface area (Å²) in [5.41, 5.74) is 2.76. The molecule has 168 valence electrons. The molecule has 0 spiro atoms. The molecule has 1 aliphatic carbocycles. The van der Waals surface area contributed by atoms with Crippen LogP contribution in [0.25, 0.3) is 0 Å². The second-order valence-electron chi connectivity index (χ2n) is 8.55. The van der Waals surface area contributed by atoms with Gasteiger partial charge >= 0.3 is 0 Å². The highest BCUT2D eigenvalue weighted by Gasteiger charge is 2.33. The van der Waals surface area contributed by atoms with E-state index in [-0.39, 0.29) is 24.0 Å². The van der Waals surface area contributed by atoms with Crippen LogP contribution in [0, 0.1) is 5.41 Å². The van der Waals surface area contributed by atoms with Gasteiger partial charge in [0.15, 0.2) is 5.96 Å². The molecule has 0 saturated heterocycles. The van der Waals surface area contributed by atoms with Crippen LogP contribution < -0.4 is 5.32 Å². The minimum atomic E-state index is 0. The summed E-state index contributed by atoms with van der Waals surface area (Å²) < 4.78 is 7.58. The van der Waals surface area contributed by atoms with Crippen molar-refractivity contribution in [3.05, 3.63) is 17.5 Å². The topological polar surface area (TPSA) is 54.7 Å². The highest BCUT2D eigenvalue weighted by Crippen LogP contribution is 2.41. The molecule has 1 heterocycles. The van der Waals surface area contributed by atoms with E-state index < -0.39 is 0 Å². The minimum Gasteiger partial charge on any atom is -0.382 e. The lowest BCUT2D eigenvalue weighted by Crippen LogP contribution is -2.39. The predicted octanol–water partition coefficient (Wildman–Crippen LogP) is 4.55. The van der Waals surface area contributed by atoms with Crippen LogP contribution in [0.3, 0.4) is 0 Å². The number of hydrogen-bond donors (Lipinski definition) is 1. The van der Waals surface area contributed by atoms with E-state index in [1.807, 2.05) is 11.7 Å². The summed E-state index contributed by atoms with van der Waals surface area (Å²) in [6.07, 6.45) is 8.44. The standard InChI is InChI=1S/C22H41N5O.HI/c1-7-23-21(24-17-22(11-9-10-12-22)13-14-28-8-2)26(5)15-19-16-27(6)25-20(19)18(3)4;/h16,18H,7-15,17H2,1-6H3,(H,23,24);1H. The van der Waals surface area contributed by atoms with Crippen LogP contribution in [0.2, 0.25) is 0 Å². The van der Waals surface area contributed by atoms with E-state index in [0.717, 1.165) is 45.2 Å². The molecule has 0 amide bonds. The number of aliphatic imine (C=N–C) groups is 1. The first kappa shape index (κ1) is 26.2. The average Bonchev–Trinajstić information content (AvgIpc) is 3.26. The molecule has 1 N–H and O–H groups in total. The molecule has 29 heavy (non-hydrogen) atoms. The van der Waals surface area contributed by atoms with Gasteiger partial charge in [-0.2, -0.15) is 5.10 Å². The molecule has 0 aliphatic heterocycles. The Morgan fingerprint density at radius 2 is 2.03 bits per heavy atom. The monoisotopic (exact) mass is 519 g/mol. The Kier molecular flexibility index (Phi) is 11.5. The van der Waals surface area contributed by atoms with Crippen LogP contribution in [0.15, 0.2) is 11.2 Å². The number of aryl methyl sites for hydroxylation is 1. The van der Waals surface area contributed by atoms with Gasteiger partial charge in [-0.3, -0.25) is 9.67 Å². The van der Waals surface area contributed by atoms with Crippen molar-refractivity contribution in [2.45, 2.75) is 72.3 Å². The van der Waals surface area contributed by atoms with Crippen molar-refractivity contribution < 1.29 is 4.74 Å². The molecule has 0 bridgehead atoms. The maximum Gasteiger partial charge on any atom is 0.193 e. The van der Waals surface area contributed by atoms with Crippen LogP contribution in [-0.4, -0.2) is 54.0 Å². The van der Waals surface area contributed by atoms with Gasteiger partial charge in [0, 0.05) is 58.7 Å². The van der Waals surface area contributed by atoms with Crippen molar-refractivity contribution in [2.75, 3.05) is 33.4 Å². The number of halogens is 1. The molecule has 2 rings (SSSR count). The molecule has 1 aromatic rings. The minimum absolute atomic E-state index is 0. The van der Waals surface area contributed by atoms with Crippen LogP contribution >= 0.6 is 24.0 Å². The summed E-state index contributed by atoms with van der Waals surface area (Å²) in [5, 5.41) is 8.13. The van der Waals surface area contributed by atoms with Crippen LogP contribution in [0.1, 0.15) is 77.0 Å². The third kappa shape index (κ3) is 7.74.